The molecule has 0 atom stereocenters. The lowest BCUT2D eigenvalue weighted by molar-refractivity contribution is 0.424. The van der Waals surface area contributed by atoms with E-state index in [1.54, 1.807) is 0 Å². The summed E-state index contributed by atoms with van der Waals surface area (Å²) in [5, 5.41) is 25.7. The monoisotopic (exact) mass is 190 g/mol. The summed E-state index contributed by atoms with van der Waals surface area (Å²) < 4.78 is 12.7. The molecule has 0 aromatic heterocycles. The van der Waals surface area contributed by atoms with E-state index in [1.807, 2.05) is 0 Å². The Kier molecular flexibility index (Phi) is 2.57. The number of rotatable bonds is 1. The number of hydrogen-bond donors (Lipinski definition) is 3. The summed E-state index contributed by atoms with van der Waals surface area (Å²) in [6, 6.07) is 1.77. The van der Waals surface area contributed by atoms with Crippen LogP contribution in [0.1, 0.15) is 0 Å². The minimum atomic E-state index is -1.89. The lowest BCUT2D eigenvalue weighted by Crippen LogP contribution is -2.31. The first-order chi connectivity index (χ1) is 5.52. The standard InChI is InChI=1S/C6H5BClFO3/c8-6-4(7(11)12)1-3(10)2-5(6)9/h1-2,10-12H. The highest BCUT2D eigenvalue weighted by atomic mass is 35.5. The number of halogens is 2. The van der Waals surface area contributed by atoms with Gasteiger partial charge in [0.1, 0.15) is 11.6 Å². The van der Waals surface area contributed by atoms with Gasteiger partial charge in [-0.1, -0.05) is 11.6 Å². The molecule has 12 heavy (non-hydrogen) atoms. The Labute approximate surface area is 73.2 Å². The van der Waals surface area contributed by atoms with Crippen LogP contribution in [0.5, 0.6) is 5.75 Å². The van der Waals surface area contributed by atoms with Crippen molar-refractivity contribution in [2.24, 2.45) is 0 Å². The van der Waals surface area contributed by atoms with E-state index >= 15 is 0 Å². The predicted octanol–water partition coefficient (Wildman–Crippen LogP) is -0.136. The van der Waals surface area contributed by atoms with Crippen molar-refractivity contribution >= 4 is 24.2 Å². The van der Waals surface area contributed by atoms with Gasteiger partial charge in [-0.05, 0) is 6.07 Å². The lowest BCUT2D eigenvalue weighted by atomic mass is 9.80. The van der Waals surface area contributed by atoms with Gasteiger partial charge in [0.2, 0.25) is 0 Å². The fourth-order valence-corrected chi connectivity index (χ4v) is 0.990. The molecule has 3 nitrogen and oxygen atoms in total. The Morgan fingerprint density at radius 2 is 1.92 bits per heavy atom. The fourth-order valence-electron chi connectivity index (χ4n) is 0.783. The van der Waals surface area contributed by atoms with E-state index < -0.39 is 23.7 Å². The maximum Gasteiger partial charge on any atom is 0.490 e. The molecule has 64 valence electrons. The molecule has 0 saturated carbocycles. The van der Waals surface area contributed by atoms with Crippen LogP contribution < -0.4 is 5.46 Å². The molecule has 0 spiro atoms. The molecule has 0 fully saturated rings. The Bertz CT molecular complexity index is 305. The molecular weight excluding hydrogens is 185 g/mol. The van der Waals surface area contributed by atoms with Crippen LogP contribution in [0.3, 0.4) is 0 Å². The zero-order valence-corrected chi connectivity index (χ0v) is 6.59. The second-order valence-corrected chi connectivity index (χ2v) is 2.58. The molecule has 3 N–H and O–H groups in total. The highest BCUT2D eigenvalue weighted by Gasteiger charge is 2.18. The third kappa shape index (κ3) is 1.69. The summed E-state index contributed by atoms with van der Waals surface area (Å²) in [7, 11) is -1.89. The second-order valence-electron chi connectivity index (χ2n) is 2.20. The molecule has 1 aromatic rings. The summed E-state index contributed by atoms with van der Waals surface area (Å²) in [6.45, 7) is 0. The first-order valence-electron chi connectivity index (χ1n) is 3.06. The van der Waals surface area contributed by atoms with Crippen molar-refractivity contribution in [1.82, 2.24) is 0 Å². The molecule has 0 unspecified atom stereocenters. The smallest absolute Gasteiger partial charge is 0.490 e. The van der Waals surface area contributed by atoms with E-state index in [4.69, 9.17) is 26.8 Å². The third-order valence-corrected chi connectivity index (χ3v) is 1.72. The zero-order chi connectivity index (χ0) is 9.30. The Hall–Kier alpha value is -0.775. The van der Waals surface area contributed by atoms with Gasteiger partial charge < -0.3 is 15.2 Å². The van der Waals surface area contributed by atoms with Gasteiger partial charge in [0.25, 0.3) is 0 Å². The largest absolute Gasteiger partial charge is 0.508 e. The number of hydrogen-bond acceptors (Lipinski definition) is 3. The average Bonchev–Trinajstić information content (AvgIpc) is 1.96. The van der Waals surface area contributed by atoms with Crippen LogP contribution >= 0.6 is 11.6 Å². The topological polar surface area (TPSA) is 60.7 Å². The van der Waals surface area contributed by atoms with E-state index in [-0.39, 0.29) is 5.46 Å². The van der Waals surface area contributed by atoms with Crippen LogP contribution in [0.25, 0.3) is 0 Å². The van der Waals surface area contributed by atoms with Gasteiger partial charge >= 0.3 is 7.12 Å². The van der Waals surface area contributed by atoms with Crippen molar-refractivity contribution in [3.05, 3.63) is 23.0 Å². The maximum absolute atomic E-state index is 12.7. The van der Waals surface area contributed by atoms with E-state index in [0.717, 1.165) is 12.1 Å². The number of phenolic OH excluding ortho intramolecular Hbond substituents is 1. The predicted molar refractivity (Wildman–Crippen MR) is 42.9 cm³/mol. The quantitative estimate of drug-likeness (QED) is 0.540. The van der Waals surface area contributed by atoms with Crippen LogP contribution in [-0.2, 0) is 0 Å². The number of benzene rings is 1. The summed E-state index contributed by atoms with van der Waals surface area (Å²) in [5.74, 6) is -1.29. The molecule has 0 radical (unpaired) electrons. The highest BCUT2D eigenvalue weighted by molar-refractivity contribution is 6.62. The Balaban J connectivity index is 3.28. The molecule has 1 aromatic carbocycles. The zero-order valence-electron chi connectivity index (χ0n) is 5.83. The van der Waals surface area contributed by atoms with Crippen molar-refractivity contribution in [1.29, 1.82) is 0 Å². The van der Waals surface area contributed by atoms with Crippen LogP contribution in [0.15, 0.2) is 12.1 Å². The molecule has 0 aliphatic carbocycles. The molecule has 1 rings (SSSR count). The molecule has 6 heteroatoms. The van der Waals surface area contributed by atoms with Crippen LogP contribution in [0.4, 0.5) is 4.39 Å². The summed E-state index contributed by atoms with van der Waals surface area (Å²) in [4.78, 5) is 0. The number of phenols is 1. The fraction of sp³-hybridized carbons (Fsp3) is 0. The molecule has 0 amide bonds. The highest BCUT2D eigenvalue weighted by Crippen LogP contribution is 2.17. The Morgan fingerprint density at radius 1 is 1.33 bits per heavy atom. The van der Waals surface area contributed by atoms with E-state index in [0.29, 0.717) is 0 Å². The summed E-state index contributed by atoms with van der Waals surface area (Å²) >= 11 is 5.35. The summed E-state index contributed by atoms with van der Waals surface area (Å²) in [5.41, 5.74) is -0.255. The molecule has 0 aliphatic rings. The normalized spacial score (nSPS) is 10.0. The van der Waals surface area contributed by atoms with Gasteiger partial charge in [0, 0.05) is 11.5 Å². The molecular formula is C6H5BClFO3. The minimum Gasteiger partial charge on any atom is -0.508 e. The average molecular weight is 190 g/mol. The SMILES string of the molecule is OB(O)c1cc(O)cc(F)c1Cl. The van der Waals surface area contributed by atoms with Crippen molar-refractivity contribution in [3.8, 4) is 5.75 Å². The number of aromatic hydroxyl groups is 1. The van der Waals surface area contributed by atoms with E-state index in [1.165, 1.54) is 0 Å². The molecule has 0 saturated heterocycles. The van der Waals surface area contributed by atoms with Gasteiger partial charge in [-0.2, -0.15) is 0 Å². The first kappa shape index (κ1) is 9.31. The first-order valence-corrected chi connectivity index (χ1v) is 3.44. The maximum atomic E-state index is 12.7. The van der Waals surface area contributed by atoms with Crippen molar-refractivity contribution in [2.45, 2.75) is 0 Å². The van der Waals surface area contributed by atoms with E-state index in [9.17, 15) is 4.39 Å². The van der Waals surface area contributed by atoms with Gasteiger partial charge in [0.15, 0.2) is 0 Å². The molecule has 0 bridgehead atoms. The van der Waals surface area contributed by atoms with Gasteiger partial charge in [0.05, 0.1) is 5.02 Å². The van der Waals surface area contributed by atoms with E-state index in [2.05, 4.69) is 0 Å². The minimum absolute atomic E-state index is 0.255. The molecule has 0 heterocycles. The van der Waals surface area contributed by atoms with Crippen molar-refractivity contribution < 1.29 is 19.5 Å². The van der Waals surface area contributed by atoms with Crippen LogP contribution in [0, 0.1) is 5.82 Å². The van der Waals surface area contributed by atoms with Crippen molar-refractivity contribution in [2.75, 3.05) is 0 Å². The van der Waals surface area contributed by atoms with Crippen LogP contribution in [-0.4, -0.2) is 22.3 Å². The van der Waals surface area contributed by atoms with Gasteiger partial charge in [-0.3, -0.25) is 0 Å². The second kappa shape index (κ2) is 3.31. The molecule has 0 aliphatic heterocycles. The Morgan fingerprint density at radius 3 is 2.42 bits per heavy atom. The lowest BCUT2D eigenvalue weighted by Gasteiger charge is -2.03. The van der Waals surface area contributed by atoms with Gasteiger partial charge in [-0.25, -0.2) is 4.39 Å². The third-order valence-electron chi connectivity index (χ3n) is 1.32. The van der Waals surface area contributed by atoms with Gasteiger partial charge in [-0.15, -0.1) is 0 Å². The van der Waals surface area contributed by atoms with Crippen molar-refractivity contribution in [3.63, 3.8) is 0 Å². The summed E-state index contributed by atoms with van der Waals surface area (Å²) in [6.07, 6.45) is 0. The van der Waals surface area contributed by atoms with Crippen LogP contribution in [0.2, 0.25) is 5.02 Å².